The van der Waals surface area contributed by atoms with E-state index in [-0.39, 0.29) is 23.1 Å². The molecule has 118 valence electrons. The summed E-state index contributed by atoms with van der Waals surface area (Å²) < 4.78 is 14.0. The molecule has 3 rings (SSSR count). The fourth-order valence-corrected chi connectivity index (χ4v) is 2.41. The number of hydrogen-bond acceptors (Lipinski definition) is 5. The molecule has 1 fully saturated rings. The molecule has 0 aliphatic carbocycles. The summed E-state index contributed by atoms with van der Waals surface area (Å²) in [5, 5.41) is 2.58. The largest absolute Gasteiger partial charge is 0.382 e. The molecule has 1 aliphatic rings. The van der Waals surface area contributed by atoms with E-state index >= 15 is 0 Å². The van der Waals surface area contributed by atoms with Crippen LogP contribution in [0.3, 0.4) is 0 Å². The van der Waals surface area contributed by atoms with Crippen molar-refractivity contribution >= 4 is 29.0 Å². The summed E-state index contributed by atoms with van der Waals surface area (Å²) in [6.07, 6.45) is 3.81. The molecule has 3 N–H and O–H groups in total. The summed E-state index contributed by atoms with van der Waals surface area (Å²) in [5.41, 5.74) is 6.08. The van der Waals surface area contributed by atoms with Crippen molar-refractivity contribution in [2.75, 3.05) is 22.5 Å². The third kappa shape index (κ3) is 2.96. The molecule has 2 amide bonds. The first-order valence-corrected chi connectivity index (χ1v) is 7.04. The highest BCUT2D eigenvalue weighted by molar-refractivity contribution is 6.06. The lowest BCUT2D eigenvalue weighted by molar-refractivity contribution is -0.117. The third-order valence-corrected chi connectivity index (χ3v) is 3.51. The molecule has 2 aromatic rings. The number of rotatable bonds is 3. The molecule has 0 saturated carbocycles. The zero-order valence-corrected chi connectivity index (χ0v) is 12.1. The first kappa shape index (κ1) is 14.9. The maximum absolute atomic E-state index is 14.0. The highest BCUT2D eigenvalue weighted by atomic mass is 19.1. The zero-order valence-electron chi connectivity index (χ0n) is 12.1. The number of nitrogens with one attached hydrogen (secondary N) is 1. The Bertz CT molecular complexity index is 780. The van der Waals surface area contributed by atoms with E-state index < -0.39 is 11.7 Å². The molecule has 0 spiro atoms. The van der Waals surface area contributed by atoms with Crippen LogP contribution in [0.5, 0.6) is 0 Å². The van der Waals surface area contributed by atoms with Gasteiger partial charge < -0.3 is 16.0 Å². The van der Waals surface area contributed by atoms with Crippen LogP contribution in [0.1, 0.15) is 23.3 Å². The van der Waals surface area contributed by atoms with Gasteiger partial charge in [0.2, 0.25) is 5.91 Å². The van der Waals surface area contributed by atoms with E-state index in [0.29, 0.717) is 25.1 Å². The number of carbonyl (C=O) groups excluding carboxylic acids is 2. The molecule has 0 atom stereocenters. The second-order valence-electron chi connectivity index (χ2n) is 5.06. The van der Waals surface area contributed by atoms with Gasteiger partial charge in [-0.25, -0.2) is 14.4 Å². The Morgan fingerprint density at radius 2 is 2.09 bits per heavy atom. The number of anilines is 3. The van der Waals surface area contributed by atoms with Crippen LogP contribution in [-0.4, -0.2) is 28.3 Å². The second-order valence-corrected chi connectivity index (χ2v) is 5.06. The summed E-state index contributed by atoms with van der Waals surface area (Å²) in [4.78, 5) is 32.9. The Balaban J connectivity index is 1.85. The summed E-state index contributed by atoms with van der Waals surface area (Å²) >= 11 is 0. The normalized spacial score (nSPS) is 14.1. The van der Waals surface area contributed by atoms with Crippen molar-refractivity contribution in [3.63, 3.8) is 0 Å². The van der Waals surface area contributed by atoms with Crippen LogP contribution in [0.4, 0.5) is 21.6 Å². The minimum atomic E-state index is -0.555. The minimum Gasteiger partial charge on any atom is -0.382 e. The van der Waals surface area contributed by atoms with E-state index in [1.165, 1.54) is 35.5 Å². The van der Waals surface area contributed by atoms with Gasteiger partial charge in [0.05, 0.1) is 5.69 Å². The maximum atomic E-state index is 14.0. The minimum absolute atomic E-state index is 0.00190. The van der Waals surface area contributed by atoms with Crippen molar-refractivity contribution in [3.05, 3.63) is 42.1 Å². The van der Waals surface area contributed by atoms with Crippen LogP contribution in [0.25, 0.3) is 0 Å². The molecule has 1 aliphatic heterocycles. The molecule has 0 radical (unpaired) electrons. The number of benzene rings is 1. The van der Waals surface area contributed by atoms with E-state index in [1.807, 2.05) is 0 Å². The number of amides is 2. The van der Waals surface area contributed by atoms with E-state index in [1.54, 1.807) is 0 Å². The number of carbonyl (C=O) groups is 2. The van der Waals surface area contributed by atoms with Crippen molar-refractivity contribution in [2.45, 2.75) is 12.8 Å². The highest BCUT2D eigenvalue weighted by Crippen LogP contribution is 2.27. The molecule has 0 bridgehead atoms. The molecule has 1 aromatic carbocycles. The van der Waals surface area contributed by atoms with Gasteiger partial charge in [0.1, 0.15) is 5.82 Å². The lowest BCUT2D eigenvalue weighted by atomic mass is 10.2. The van der Waals surface area contributed by atoms with Gasteiger partial charge in [-0.05, 0) is 24.6 Å². The van der Waals surface area contributed by atoms with E-state index in [4.69, 9.17) is 5.73 Å². The van der Waals surface area contributed by atoms with Crippen LogP contribution >= 0.6 is 0 Å². The molecule has 0 unspecified atom stereocenters. The number of halogens is 1. The average molecular weight is 315 g/mol. The number of nitrogens with two attached hydrogens (primary N) is 1. The molecule has 23 heavy (non-hydrogen) atoms. The fourth-order valence-electron chi connectivity index (χ4n) is 2.41. The number of aromatic nitrogens is 2. The molecule has 1 saturated heterocycles. The van der Waals surface area contributed by atoms with Gasteiger partial charge in [-0.15, -0.1) is 0 Å². The Kier molecular flexibility index (Phi) is 3.88. The number of nitrogen functional groups attached to an aromatic ring is 1. The summed E-state index contributed by atoms with van der Waals surface area (Å²) in [7, 11) is 0. The van der Waals surface area contributed by atoms with Crippen LogP contribution < -0.4 is 16.0 Å². The SMILES string of the molecule is Nc1nccnc1C(=O)Nc1ccc(F)c(N2CCCC2=O)c1. The van der Waals surface area contributed by atoms with E-state index in [9.17, 15) is 14.0 Å². The Morgan fingerprint density at radius 1 is 1.30 bits per heavy atom. The monoisotopic (exact) mass is 315 g/mol. The topological polar surface area (TPSA) is 101 Å². The average Bonchev–Trinajstić information content (AvgIpc) is 2.95. The lowest BCUT2D eigenvalue weighted by Gasteiger charge is -2.17. The van der Waals surface area contributed by atoms with Crippen LogP contribution in [0.2, 0.25) is 0 Å². The molecule has 8 heteroatoms. The standard InChI is InChI=1S/C15H14FN5O2/c16-10-4-3-9(8-11(10)21-7-1-2-12(21)22)20-15(23)13-14(17)19-6-5-18-13/h3-6,8H,1-2,7H2,(H2,17,19)(H,20,23). The summed E-state index contributed by atoms with van der Waals surface area (Å²) in [6, 6.07) is 4.03. The van der Waals surface area contributed by atoms with Gasteiger partial charge in [-0.2, -0.15) is 0 Å². The van der Waals surface area contributed by atoms with Crippen LogP contribution in [0, 0.1) is 5.82 Å². The van der Waals surface area contributed by atoms with Crippen molar-refractivity contribution in [1.82, 2.24) is 9.97 Å². The van der Waals surface area contributed by atoms with Crippen molar-refractivity contribution in [2.24, 2.45) is 0 Å². The molecular formula is C15H14FN5O2. The van der Waals surface area contributed by atoms with Gasteiger partial charge in [0.15, 0.2) is 11.5 Å². The lowest BCUT2D eigenvalue weighted by Crippen LogP contribution is -2.25. The third-order valence-electron chi connectivity index (χ3n) is 3.51. The van der Waals surface area contributed by atoms with E-state index in [2.05, 4.69) is 15.3 Å². The molecule has 1 aromatic heterocycles. The highest BCUT2D eigenvalue weighted by Gasteiger charge is 2.24. The van der Waals surface area contributed by atoms with Gasteiger partial charge in [-0.1, -0.05) is 0 Å². The fraction of sp³-hybridized carbons (Fsp3) is 0.200. The summed E-state index contributed by atoms with van der Waals surface area (Å²) in [6.45, 7) is 0.463. The van der Waals surface area contributed by atoms with Gasteiger partial charge in [-0.3, -0.25) is 9.59 Å². The molecule has 2 heterocycles. The van der Waals surface area contributed by atoms with Crippen molar-refractivity contribution in [3.8, 4) is 0 Å². The number of hydrogen-bond donors (Lipinski definition) is 2. The van der Waals surface area contributed by atoms with Crippen LogP contribution in [-0.2, 0) is 4.79 Å². The first-order valence-electron chi connectivity index (χ1n) is 7.04. The van der Waals surface area contributed by atoms with E-state index in [0.717, 1.165) is 0 Å². The Labute approximate surface area is 131 Å². The second kappa shape index (κ2) is 5.99. The predicted octanol–water partition coefficient (Wildman–Crippen LogP) is 1.58. The van der Waals surface area contributed by atoms with Gasteiger partial charge in [0, 0.05) is 31.0 Å². The van der Waals surface area contributed by atoms with Gasteiger partial charge in [0.25, 0.3) is 5.91 Å². The summed E-state index contributed by atoms with van der Waals surface area (Å²) in [5.74, 6) is -1.20. The Morgan fingerprint density at radius 3 is 2.78 bits per heavy atom. The van der Waals surface area contributed by atoms with Crippen molar-refractivity contribution < 1.29 is 14.0 Å². The first-order chi connectivity index (χ1) is 11.1. The quantitative estimate of drug-likeness (QED) is 0.895. The maximum Gasteiger partial charge on any atom is 0.278 e. The number of nitrogens with zero attached hydrogens (tertiary/aromatic N) is 3. The van der Waals surface area contributed by atoms with Gasteiger partial charge >= 0.3 is 0 Å². The van der Waals surface area contributed by atoms with Crippen molar-refractivity contribution in [1.29, 1.82) is 0 Å². The Hall–Kier alpha value is -3.03. The smallest absolute Gasteiger partial charge is 0.278 e. The molecular weight excluding hydrogens is 301 g/mol. The zero-order chi connectivity index (χ0) is 16.4. The predicted molar refractivity (Wildman–Crippen MR) is 82.4 cm³/mol. The molecule has 7 nitrogen and oxygen atoms in total. The van der Waals surface area contributed by atoms with Crippen LogP contribution in [0.15, 0.2) is 30.6 Å².